The van der Waals surface area contributed by atoms with E-state index in [9.17, 15) is 8.42 Å². The van der Waals surface area contributed by atoms with Gasteiger partial charge in [-0.25, -0.2) is 24.2 Å². The fraction of sp³-hybridized carbons (Fsp3) is 0.556. The number of nitrogen functional groups attached to an aromatic ring is 1. The minimum atomic E-state index is -2.84. The van der Waals surface area contributed by atoms with Gasteiger partial charge in [-0.05, 0) is 28.3 Å². The van der Waals surface area contributed by atoms with Crippen LogP contribution in [0.2, 0.25) is 0 Å². The second-order valence-corrected chi connectivity index (χ2v) is 7.20. The maximum Gasteiger partial charge on any atom is 0.159 e. The van der Waals surface area contributed by atoms with E-state index in [0.29, 0.717) is 29.1 Å². The lowest BCUT2D eigenvalue weighted by atomic mass is 10.1. The molecule has 2 heterocycles. The van der Waals surface area contributed by atoms with Crippen LogP contribution in [-0.2, 0) is 9.84 Å². The summed E-state index contributed by atoms with van der Waals surface area (Å²) in [6, 6.07) is 0. The van der Waals surface area contributed by atoms with E-state index < -0.39 is 9.84 Å². The van der Waals surface area contributed by atoms with Crippen molar-refractivity contribution >= 4 is 37.4 Å². The van der Waals surface area contributed by atoms with Gasteiger partial charge in [-0.2, -0.15) is 0 Å². The zero-order valence-electron chi connectivity index (χ0n) is 9.56. The maximum absolute atomic E-state index is 11.3. The number of hydrogen-bond donors (Lipinski definition) is 3. The molecular formula is C9H14BrN5O2S. The zero-order chi connectivity index (χ0) is 13.2. The smallest absolute Gasteiger partial charge is 0.159 e. The molecule has 18 heavy (non-hydrogen) atoms. The molecule has 0 aliphatic carbocycles. The van der Waals surface area contributed by atoms with Crippen LogP contribution < -0.4 is 16.6 Å². The predicted octanol–water partition coefficient (Wildman–Crippen LogP) is 0.371. The molecule has 0 bridgehead atoms. The van der Waals surface area contributed by atoms with Crippen LogP contribution in [0.3, 0.4) is 0 Å². The summed E-state index contributed by atoms with van der Waals surface area (Å²) in [5.74, 6) is 7.02. The minimum Gasteiger partial charge on any atom is -0.369 e. The lowest BCUT2D eigenvalue weighted by Gasteiger charge is -2.12. The Labute approximate surface area is 114 Å². The summed E-state index contributed by atoms with van der Waals surface area (Å²) in [5, 5.41) is 3.11. The largest absolute Gasteiger partial charge is 0.369 e. The monoisotopic (exact) mass is 335 g/mol. The number of sulfone groups is 1. The lowest BCUT2D eigenvalue weighted by Crippen LogP contribution is -2.17. The Morgan fingerprint density at radius 3 is 2.78 bits per heavy atom. The Balaban J connectivity index is 1.99. The number of aromatic nitrogens is 2. The summed E-state index contributed by atoms with van der Waals surface area (Å²) >= 11 is 3.33. The summed E-state index contributed by atoms with van der Waals surface area (Å²) < 4.78 is 23.3. The number of halogens is 1. The topological polar surface area (TPSA) is 110 Å². The van der Waals surface area contributed by atoms with Crippen molar-refractivity contribution in [2.24, 2.45) is 11.8 Å². The highest BCUT2D eigenvalue weighted by Crippen LogP contribution is 2.26. The number of rotatable bonds is 4. The molecule has 0 spiro atoms. The summed E-state index contributed by atoms with van der Waals surface area (Å²) in [6.07, 6.45) is 2.08. The predicted molar refractivity (Wildman–Crippen MR) is 72.8 cm³/mol. The Kier molecular flexibility index (Phi) is 4.03. The third-order valence-electron chi connectivity index (χ3n) is 2.81. The zero-order valence-corrected chi connectivity index (χ0v) is 12.0. The van der Waals surface area contributed by atoms with Gasteiger partial charge in [0.2, 0.25) is 0 Å². The van der Waals surface area contributed by atoms with Crippen molar-refractivity contribution in [3.05, 3.63) is 10.8 Å². The van der Waals surface area contributed by atoms with Crippen LogP contribution in [0.4, 0.5) is 11.6 Å². The minimum absolute atomic E-state index is 0.131. The molecule has 100 valence electrons. The highest BCUT2D eigenvalue weighted by Gasteiger charge is 2.27. The Hall–Kier alpha value is -0.930. The van der Waals surface area contributed by atoms with E-state index in [4.69, 9.17) is 5.84 Å². The van der Waals surface area contributed by atoms with E-state index in [1.807, 2.05) is 0 Å². The highest BCUT2D eigenvalue weighted by molar-refractivity contribution is 9.10. The first-order chi connectivity index (χ1) is 8.52. The molecule has 1 aromatic rings. The van der Waals surface area contributed by atoms with Crippen LogP contribution in [0, 0.1) is 5.92 Å². The molecule has 9 heteroatoms. The van der Waals surface area contributed by atoms with E-state index in [-0.39, 0.29) is 17.4 Å². The number of hydrogen-bond acceptors (Lipinski definition) is 7. The molecule has 0 aromatic carbocycles. The molecule has 4 N–H and O–H groups in total. The molecule has 0 radical (unpaired) electrons. The van der Waals surface area contributed by atoms with Crippen molar-refractivity contribution in [3.63, 3.8) is 0 Å². The third-order valence-corrected chi connectivity index (χ3v) is 5.40. The second-order valence-electron chi connectivity index (χ2n) is 4.18. The lowest BCUT2D eigenvalue weighted by molar-refractivity contribution is 0.595. The average Bonchev–Trinajstić information content (AvgIpc) is 2.68. The van der Waals surface area contributed by atoms with Crippen LogP contribution in [0.25, 0.3) is 0 Å². The van der Waals surface area contributed by atoms with Gasteiger partial charge >= 0.3 is 0 Å². The fourth-order valence-electron chi connectivity index (χ4n) is 1.87. The molecule has 1 aromatic heterocycles. The molecule has 1 fully saturated rings. The van der Waals surface area contributed by atoms with Crippen LogP contribution in [0.15, 0.2) is 10.8 Å². The number of nitrogens with zero attached hydrogens (tertiary/aromatic N) is 2. The standard InChI is InChI=1S/C9H14BrN5O2S/c10-7-8(13-5-14-9(7)15-11)12-3-6-1-2-18(16,17)4-6/h5-6H,1-4,11H2,(H2,12,13,14,15). The number of nitrogens with two attached hydrogens (primary N) is 1. The summed E-state index contributed by atoms with van der Waals surface area (Å²) in [7, 11) is -2.84. The van der Waals surface area contributed by atoms with Gasteiger partial charge in [-0.3, -0.25) is 0 Å². The summed E-state index contributed by atoms with van der Waals surface area (Å²) in [4.78, 5) is 8.00. The third kappa shape index (κ3) is 3.09. The van der Waals surface area contributed by atoms with E-state index in [1.165, 1.54) is 6.33 Å². The Morgan fingerprint density at radius 1 is 1.44 bits per heavy atom. The number of anilines is 2. The number of hydrazine groups is 1. The first-order valence-electron chi connectivity index (χ1n) is 5.43. The molecule has 1 atom stereocenters. The van der Waals surface area contributed by atoms with Crippen molar-refractivity contribution in [1.29, 1.82) is 0 Å². The maximum atomic E-state index is 11.3. The van der Waals surface area contributed by atoms with Gasteiger partial charge in [0.25, 0.3) is 0 Å². The van der Waals surface area contributed by atoms with Gasteiger partial charge in [-0.15, -0.1) is 0 Å². The van der Waals surface area contributed by atoms with Crippen LogP contribution in [-0.4, -0.2) is 36.4 Å². The first-order valence-corrected chi connectivity index (χ1v) is 8.04. The molecule has 1 aliphatic heterocycles. The van der Waals surface area contributed by atoms with E-state index >= 15 is 0 Å². The van der Waals surface area contributed by atoms with Crippen molar-refractivity contribution in [3.8, 4) is 0 Å². The quantitative estimate of drug-likeness (QED) is 0.538. The highest BCUT2D eigenvalue weighted by atomic mass is 79.9. The van der Waals surface area contributed by atoms with E-state index in [2.05, 4.69) is 36.6 Å². The van der Waals surface area contributed by atoms with Crippen molar-refractivity contribution in [2.45, 2.75) is 6.42 Å². The van der Waals surface area contributed by atoms with Gasteiger partial charge in [0.1, 0.15) is 16.6 Å². The SMILES string of the molecule is NNc1ncnc(NCC2CCS(=O)(=O)C2)c1Br. The van der Waals surface area contributed by atoms with Gasteiger partial charge in [0.15, 0.2) is 15.7 Å². The molecule has 1 aliphatic rings. The molecule has 1 unspecified atom stereocenters. The van der Waals surface area contributed by atoms with Crippen LogP contribution in [0.1, 0.15) is 6.42 Å². The van der Waals surface area contributed by atoms with E-state index in [1.54, 1.807) is 0 Å². The molecule has 1 saturated heterocycles. The number of nitrogens with one attached hydrogen (secondary N) is 2. The Morgan fingerprint density at radius 2 is 2.17 bits per heavy atom. The normalized spacial score (nSPS) is 21.8. The van der Waals surface area contributed by atoms with Crippen molar-refractivity contribution in [2.75, 3.05) is 28.8 Å². The van der Waals surface area contributed by atoms with E-state index in [0.717, 1.165) is 0 Å². The van der Waals surface area contributed by atoms with Gasteiger partial charge in [0, 0.05) is 6.54 Å². The first kappa shape index (κ1) is 13.5. The molecule has 0 amide bonds. The van der Waals surface area contributed by atoms with Crippen LogP contribution in [0.5, 0.6) is 0 Å². The van der Waals surface area contributed by atoms with Crippen molar-refractivity contribution < 1.29 is 8.42 Å². The fourth-order valence-corrected chi connectivity index (χ4v) is 4.19. The Bertz CT molecular complexity index is 536. The molecular weight excluding hydrogens is 322 g/mol. The van der Waals surface area contributed by atoms with Gasteiger partial charge in [-0.1, -0.05) is 0 Å². The van der Waals surface area contributed by atoms with Gasteiger partial charge in [0.05, 0.1) is 11.5 Å². The molecule has 0 saturated carbocycles. The van der Waals surface area contributed by atoms with Crippen molar-refractivity contribution in [1.82, 2.24) is 9.97 Å². The van der Waals surface area contributed by atoms with Crippen LogP contribution >= 0.6 is 15.9 Å². The molecule has 7 nitrogen and oxygen atoms in total. The summed E-state index contributed by atoms with van der Waals surface area (Å²) in [5.41, 5.74) is 2.44. The molecule has 2 rings (SSSR count). The summed E-state index contributed by atoms with van der Waals surface area (Å²) in [6.45, 7) is 0.568. The van der Waals surface area contributed by atoms with Gasteiger partial charge < -0.3 is 10.7 Å². The second kappa shape index (κ2) is 5.37. The average molecular weight is 336 g/mol.